The molecule has 0 radical (unpaired) electrons. The van der Waals surface area contributed by atoms with Crippen LogP contribution in [0.1, 0.15) is 43.2 Å². The first-order valence-corrected chi connectivity index (χ1v) is 7.99. The number of hydrogen-bond donors (Lipinski definition) is 2. The van der Waals surface area contributed by atoms with Crippen LogP contribution in [0, 0.1) is 0 Å². The van der Waals surface area contributed by atoms with E-state index in [1.807, 2.05) is 6.07 Å². The smallest absolute Gasteiger partial charge is 0.123 e. The highest BCUT2D eigenvalue weighted by Crippen LogP contribution is 2.25. The Hall–Kier alpha value is -1.10. The molecule has 0 heterocycles. The topological polar surface area (TPSA) is 58.7 Å². The predicted octanol–water partition coefficient (Wildman–Crippen LogP) is 2.28. The fourth-order valence-corrected chi connectivity index (χ4v) is 3.29. The molecule has 21 heavy (non-hydrogen) atoms. The highest BCUT2D eigenvalue weighted by molar-refractivity contribution is 5.37. The molecule has 0 spiro atoms. The molecule has 0 bridgehead atoms. The molecular formula is C17H28N2O2. The van der Waals surface area contributed by atoms with Gasteiger partial charge in [-0.1, -0.05) is 25.3 Å². The van der Waals surface area contributed by atoms with Crippen LogP contribution in [-0.4, -0.2) is 36.3 Å². The van der Waals surface area contributed by atoms with Gasteiger partial charge in [-0.05, 0) is 30.5 Å². The first-order chi connectivity index (χ1) is 10.3. The maximum absolute atomic E-state index is 9.35. The molecule has 118 valence electrons. The molecule has 1 aliphatic carbocycles. The van der Waals surface area contributed by atoms with Crippen LogP contribution in [0.2, 0.25) is 0 Å². The first-order valence-electron chi connectivity index (χ1n) is 7.99. The quantitative estimate of drug-likeness (QED) is 0.809. The molecule has 1 aromatic rings. The van der Waals surface area contributed by atoms with E-state index in [0.29, 0.717) is 12.6 Å². The largest absolute Gasteiger partial charge is 0.496 e. The van der Waals surface area contributed by atoms with E-state index in [2.05, 4.69) is 17.0 Å². The minimum absolute atomic E-state index is 0.219. The Labute approximate surface area is 127 Å². The number of hydrogen-bond acceptors (Lipinski definition) is 4. The minimum Gasteiger partial charge on any atom is -0.496 e. The molecule has 1 aromatic carbocycles. The molecule has 0 aromatic heterocycles. The van der Waals surface area contributed by atoms with Crippen molar-refractivity contribution in [1.29, 1.82) is 0 Å². The molecule has 0 atom stereocenters. The lowest BCUT2D eigenvalue weighted by Gasteiger charge is -2.34. The van der Waals surface area contributed by atoms with Gasteiger partial charge >= 0.3 is 0 Å². The van der Waals surface area contributed by atoms with Gasteiger partial charge in [0.05, 0.1) is 13.7 Å². The van der Waals surface area contributed by atoms with Crippen LogP contribution >= 0.6 is 0 Å². The van der Waals surface area contributed by atoms with Crippen molar-refractivity contribution < 1.29 is 9.84 Å². The van der Waals surface area contributed by atoms with Crippen LogP contribution in [0.25, 0.3) is 0 Å². The van der Waals surface area contributed by atoms with Gasteiger partial charge in [0.25, 0.3) is 0 Å². The van der Waals surface area contributed by atoms with Crippen molar-refractivity contribution in [3.05, 3.63) is 29.3 Å². The molecule has 4 heteroatoms. The van der Waals surface area contributed by atoms with Crippen LogP contribution in [0.15, 0.2) is 18.2 Å². The van der Waals surface area contributed by atoms with Crippen LogP contribution in [-0.2, 0) is 13.1 Å². The van der Waals surface area contributed by atoms with Gasteiger partial charge in [-0.3, -0.25) is 4.90 Å². The van der Waals surface area contributed by atoms with Gasteiger partial charge in [-0.2, -0.15) is 0 Å². The summed E-state index contributed by atoms with van der Waals surface area (Å²) in [5.74, 6) is 0.854. The average molecular weight is 292 g/mol. The summed E-state index contributed by atoms with van der Waals surface area (Å²) >= 11 is 0. The molecule has 4 nitrogen and oxygen atoms in total. The van der Waals surface area contributed by atoms with Crippen molar-refractivity contribution in [1.82, 2.24) is 4.90 Å². The summed E-state index contributed by atoms with van der Waals surface area (Å²) in [5, 5.41) is 9.35. The van der Waals surface area contributed by atoms with Crippen LogP contribution in [0.4, 0.5) is 0 Å². The zero-order valence-electron chi connectivity index (χ0n) is 13.1. The summed E-state index contributed by atoms with van der Waals surface area (Å²) < 4.78 is 5.33. The standard InChI is InChI=1S/C17H28N2O2/c1-21-17-8-7-14(11-15(17)12-18)13-19(9-10-20)16-5-3-2-4-6-16/h7-8,11,16,20H,2-6,9-10,12-13,18H2,1H3. The number of aliphatic hydroxyl groups is 1. The fourth-order valence-electron chi connectivity index (χ4n) is 3.29. The van der Waals surface area contributed by atoms with Crippen molar-refractivity contribution in [2.45, 2.75) is 51.2 Å². The zero-order chi connectivity index (χ0) is 15.1. The number of methoxy groups -OCH3 is 1. The maximum atomic E-state index is 9.35. The number of rotatable bonds is 7. The first kappa shape index (κ1) is 16.3. The number of aliphatic hydroxyl groups excluding tert-OH is 1. The molecule has 3 N–H and O–H groups in total. The van der Waals surface area contributed by atoms with Gasteiger partial charge in [0.2, 0.25) is 0 Å². The lowest BCUT2D eigenvalue weighted by molar-refractivity contribution is 0.117. The average Bonchev–Trinajstić information content (AvgIpc) is 2.55. The number of ether oxygens (including phenoxy) is 1. The Bertz CT molecular complexity index is 431. The van der Waals surface area contributed by atoms with E-state index in [9.17, 15) is 5.11 Å². The van der Waals surface area contributed by atoms with E-state index in [4.69, 9.17) is 10.5 Å². The Morgan fingerprint density at radius 3 is 2.67 bits per heavy atom. The molecule has 1 aliphatic rings. The highest BCUT2D eigenvalue weighted by atomic mass is 16.5. The maximum Gasteiger partial charge on any atom is 0.123 e. The van der Waals surface area contributed by atoms with Gasteiger partial charge < -0.3 is 15.6 Å². The van der Waals surface area contributed by atoms with Gasteiger partial charge in [0.1, 0.15) is 5.75 Å². The minimum atomic E-state index is 0.219. The van der Waals surface area contributed by atoms with Crippen molar-refractivity contribution in [3.8, 4) is 5.75 Å². The van der Waals surface area contributed by atoms with Crippen molar-refractivity contribution in [2.75, 3.05) is 20.3 Å². The van der Waals surface area contributed by atoms with Crippen LogP contribution < -0.4 is 10.5 Å². The molecule has 0 saturated heterocycles. The molecule has 0 amide bonds. The normalized spacial score (nSPS) is 16.4. The van der Waals surface area contributed by atoms with E-state index in [0.717, 1.165) is 24.4 Å². The van der Waals surface area contributed by atoms with Crippen molar-refractivity contribution >= 4 is 0 Å². The van der Waals surface area contributed by atoms with Crippen molar-refractivity contribution in [2.24, 2.45) is 5.73 Å². The zero-order valence-corrected chi connectivity index (χ0v) is 13.1. The third-order valence-corrected chi connectivity index (χ3v) is 4.43. The summed E-state index contributed by atoms with van der Waals surface area (Å²) in [4.78, 5) is 2.42. The Balaban J connectivity index is 2.08. The molecular weight excluding hydrogens is 264 g/mol. The van der Waals surface area contributed by atoms with E-state index in [-0.39, 0.29) is 6.61 Å². The Morgan fingerprint density at radius 1 is 1.29 bits per heavy atom. The second-order valence-electron chi connectivity index (χ2n) is 5.84. The van der Waals surface area contributed by atoms with Crippen LogP contribution in [0.5, 0.6) is 5.75 Å². The van der Waals surface area contributed by atoms with Crippen molar-refractivity contribution in [3.63, 3.8) is 0 Å². The Morgan fingerprint density at radius 2 is 2.05 bits per heavy atom. The molecule has 1 fully saturated rings. The summed E-state index contributed by atoms with van der Waals surface area (Å²) in [6.45, 7) is 2.33. The molecule has 1 saturated carbocycles. The molecule has 0 aliphatic heterocycles. The highest BCUT2D eigenvalue weighted by Gasteiger charge is 2.21. The van der Waals surface area contributed by atoms with Crippen LogP contribution in [0.3, 0.4) is 0 Å². The van der Waals surface area contributed by atoms with E-state index in [1.165, 1.54) is 37.7 Å². The second-order valence-corrected chi connectivity index (χ2v) is 5.84. The van der Waals surface area contributed by atoms with Gasteiger partial charge in [-0.25, -0.2) is 0 Å². The third kappa shape index (κ3) is 4.43. The number of benzene rings is 1. The predicted molar refractivity (Wildman–Crippen MR) is 85.3 cm³/mol. The monoisotopic (exact) mass is 292 g/mol. The molecule has 0 unspecified atom stereocenters. The lowest BCUT2D eigenvalue weighted by atomic mass is 9.93. The fraction of sp³-hybridized carbons (Fsp3) is 0.647. The molecule has 2 rings (SSSR count). The van der Waals surface area contributed by atoms with Gasteiger partial charge in [-0.15, -0.1) is 0 Å². The Kier molecular flexibility index (Phi) is 6.49. The summed E-state index contributed by atoms with van der Waals surface area (Å²) in [6, 6.07) is 6.83. The summed E-state index contributed by atoms with van der Waals surface area (Å²) in [5.41, 5.74) is 8.08. The summed E-state index contributed by atoms with van der Waals surface area (Å²) in [7, 11) is 1.67. The van der Waals surface area contributed by atoms with Gasteiger partial charge in [0, 0.05) is 31.2 Å². The van der Waals surface area contributed by atoms with Gasteiger partial charge in [0.15, 0.2) is 0 Å². The number of nitrogens with zero attached hydrogens (tertiary/aromatic N) is 1. The second kappa shape index (κ2) is 8.37. The lowest BCUT2D eigenvalue weighted by Crippen LogP contribution is -2.38. The van der Waals surface area contributed by atoms with E-state index in [1.54, 1.807) is 7.11 Å². The van der Waals surface area contributed by atoms with E-state index >= 15 is 0 Å². The third-order valence-electron chi connectivity index (χ3n) is 4.43. The number of nitrogens with two attached hydrogens (primary N) is 1. The summed E-state index contributed by atoms with van der Waals surface area (Å²) in [6.07, 6.45) is 6.47. The van der Waals surface area contributed by atoms with E-state index < -0.39 is 0 Å². The SMILES string of the molecule is COc1ccc(CN(CCO)C2CCCCC2)cc1CN.